The summed E-state index contributed by atoms with van der Waals surface area (Å²) < 4.78 is 5.32. The molecular formula is C13H13NO3S. The number of benzene rings is 1. The molecular weight excluding hydrogens is 250 g/mol. The van der Waals surface area contributed by atoms with Crippen LogP contribution in [0.15, 0.2) is 23.7 Å². The lowest BCUT2D eigenvalue weighted by molar-refractivity contribution is -0.136. The maximum atomic E-state index is 10.8. The van der Waals surface area contributed by atoms with Gasteiger partial charge >= 0.3 is 5.97 Å². The fourth-order valence-electron chi connectivity index (χ4n) is 1.76. The van der Waals surface area contributed by atoms with E-state index in [4.69, 9.17) is 9.84 Å². The molecule has 1 N–H and O–H groups in total. The van der Waals surface area contributed by atoms with Crippen molar-refractivity contribution in [3.63, 3.8) is 0 Å². The number of hydrogen-bond donors (Lipinski definition) is 1. The topological polar surface area (TPSA) is 59.4 Å². The van der Waals surface area contributed by atoms with Gasteiger partial charge in [-0.05, 0) is 19.1 Å². The van der Waals surface area contributed by atoms with Gasteiger partial charge in [-0.25, -0.2) is 4.98 Å². The quantitative estimate of drug-likeness (QED) is 0.921. The summed E-state index contributed by atoms with van der Waals surface area (Å²) in [7, 11) is 1.60. The minimum absolute atomic E-state index is 0.0735. The van der Waals surface area contributed by atoms with Gasteiger partial charge in [0.25, 0.3) is 0 Å². The fourth-order valence-corrected chi connectivity index (χ4v) is 2.59. The first-order chi connectivity index (χ1) is 8.61. The molecule has 1 heterocycles. The van der Waals surface area contributed by atoms with Crippen molar-refractivity contribution in [2.75, 3.05) is 7.11 Å². The molecule has 2 rings (SSSR count). The van der Waals surface area contributed by atoms with E-state index >= 15 is 0 Å². The Labute approximate surface area is 109 Å². The zero-order valence-corrected chi connectivity index (χ0v) is 11.0. The number of carbonyl (C=O) groups is 1. The van der Waals surface area contributed by atoms with E-state index in [1.165, 1.54) is 11.3 Å². The second-order valence-electron chi connectivity index (χ2n) is 3.90. The molecule has 18 heavy (non-hydrogen) atoms. The van der Waals surface area contributed by atoms with Crippen LogP contribution in [0.1, 0.15) is 11.3 Å². The number of ether oxygens (including phenoxy) is 1. The van der Waals surface area contributed by atoms with E-state index in [0.717, 1.165) is 21.8 Å². The van der Waals surface area contributed by atoms with Crippen molar-refractivity contribution in [1.29, 1.82) is 0 Å². The predicted octanol–water partition coefficient (Wildman–Crippen LogP) is 2.75. The summed E-state index contributed by atoms with van der Waals surface area (Å²) in [5.41, 5.74) is 4.24. The van der Waals surface area contributed by atoms with Crippen molar-refractivity contribution >= 4 is 17.3 Å². The number of nitrogens with zero attached hydrogens (tertiary/aromatic N) is 1. The zero-order chi connectivity index (χ0) is 13.1. The summed E-state index contributed by atoms with van der Waals surface area (Å²) in [6.07, 6.45) is -0.0735. The van der Waals surface area contributed by atoms with Crippen LogP contribution in [0.4, 0.5) is 0 Å². The molecule has 94 valence electrons. The van der Waals surface area contributed by atoms with E-state index in [0.29, 0.717) is 5.69 Å². The van der Waals surface area contributed by atoms with E-state index < -0.39 is 5.97 Å². The van der Waals surface area contributed by atoms with Crippen LogP contribution in [-0.2, 0) is 11.2 Å². The Morgan fingerprint density at radius 2 is 2.28 bits per heavy atom. The number of thiazole rings is 1. The summed E-state index contributed by atoms with van der Waals surface area (Å²) in [4.78, 5) is 15.8. The summed E-state index contributed by atoms with van der Waals surface area (Å²) in [5, 5.41) is 8.87. The first-order valence-corrected chi connectivity index (χ1v) is 6.29. The van der Waals surface area contributed by atoms with Crippen molar-refractivity contribution in [3.8, 4) is 16.2 Å². The number of aromatic nitrogens is 1. The van der Waals surface area contributed by atoms with Crippen LogP contribution < -0.4 is 4.74 Å². The molecule has 1 aromatic carbocycles. The van der Waals surface area contributed by atoms with Gasteiger partial charge < -0.3 is 9.84 Å². The van der Waals surface area contributed by atoms with Gasteiger partial charge in [-0.1, -0.05) is 11.6 Å². The van der Waals surface area contributed by atoms with Crippen molar-refractivity contribution in [2.45, 2.75) is 13.3 Å². The highest BCUT2D eigenvalue weighted by molar-refractivity contribution is 7.13. The van der Waals surface area contributed by atoms with Gasteiger partial charge in [0, 0.05) is 5.56 Å². The summed E-state index contributed by atoms with van der Waals surface area (Å²) in [6.45, 7) is 1.99. The van der Waals surface area contributed by atoms with Crippen LogP contribution in [0.25, 0.3) is 10.4 Å². The van der Waals surface area contributed by atoms with Crippen molar-refractivity contribution in [2.24, 2.45) is 0 Å². The number of carboxylic acids is 1. The van der Waals surface area contributed by atoms with Gasteiger partial charge in [-0.15, -0.1) is 11.3 Å². The number of hydrogen-bond acceptors (Lipinski definition) is 4. The third-order valence-corrected chi connectivity index (χ3v) is 3.46. The van der Waals surface area contributed by atoms with Crippen LogP contribution in [0.3, 0.4) is 0 Å². The Bertz CT molecular complexity index is 577. The molecule has 0 unspecified atom stereocenters. The molecule has 5 heteroatoms. The number of methoxy groups -OCH3 is 1. The summed E-state index contributed by atoms with van der Waals surface area (Å²) in [5.74, 6) is -0.148. The number of aryl methyl sites for hydroxylation is 1. The molecule has 0 saturated carbocycles. The monoisotopic (exact) mass is 263 g/mol. The number of aliphatic carboxylic acids is 1. The zero-order valence-electron chi connectivity index (χ0n) is 10.1. The summed E-state index contributed by atoms with van der Waals surface area (Å²) in [6, 6.07) is 5.83. The average molecular weight is 263 g/mol. The first kappa shape index (κ1) is 12.6. The first-order valence-electron chi connectivity index (χ1n) is 5.41. The molecule has 0 atom stereocenters. The molecule has 4 nitrogen and oxygen atoms in total. The Morgan fingerprint density at radius 1 is 1.50 bits per heavy atom. The summed E-state index contributed by atoms with van der Waals surface area (Å²) >= 11 is 1.43. The Kier molecular flexibility index (Phi) is 3.62. The van der Waals surface area contributed by atoms with E-state index in [1.54, 1.807) is 12.6 Å². The molecule has 1 aromatic heterocycles. The molecule has 0 aliphatic rings. The molecule has 0 radical (unpaired) electrons. The second kappa shape index (κ2) is 5.18. The third kappa shape index (κ3) is 2.51. The average Bonchev–Trinajstić information content (AvgIpc) is 2.76. The second-order valence-corrected chi connectivity index (χ2v) is 4.76. The van der Waals surface area contributed by atoms with Crippen LogP contribution >= 0.6 is 11.3 Å². The maximum Gasteiger partial charge on any atom is 0.309 e. The van der Waals surface area contributed by atoms with Crippen LogP contribution in [0.5, 0.6) is 5.75 Å². The molecule has 0 amide bonds. The molecule has 0 aliphatic carbocycles. The number of rotatable bonds is 4. The molecule has 0 saturated heterocycles. The fraction of sp³-hybridized carbons (Fsp3) is 0.231. The van der Waals surface area contributed by atoms with Gasteiger partial charge in [0.1, 0.15) is 5.75 Å². The third-order valence-electron chi connectivity index (χ3n) is 2.56. The SMILES string of the molecule is COc1ccc(C)cc1-c1scnc1CC(=O)O. The Morgan fingerprint density at radius 3 is 2.94 bits per heavy atom. The molecule has 0 bridgehead atoms. The normalized spacial score (nSPS) is 10.3. The smallest absolute Gasteiger partial charge is 0.309 e. The minimum atomic E-state index is -0.881. The van der Waals surface area contributed by atoms with Crippen LogP contribution in [0.2, 0.25) is 0 Å². The largest absolute Gasteiger partial charge is 0.496 e. The van der Waals surface area contributed by atoms with E-state index in [-0.39, 0.29) is 6.42 Å². The minimum Gasteiger partial charge on any atom is -0.496 e. The number of carboxylic acid groups (broad SMARTS) is 1. The standard InChI is InChI=1S/C13H13NO3S/c1-8-3-4-11(17-2)9(5-8)13-10(6-12(15)16)14-7-18-13/h3-5,7H,6H2,1-2H3,(H,15,16). The van der Waals surface area contributed by atoms with Gasteiger partial charge in [0.05, 0.1) is 29.6 Å². The van der Waals surface area contributed by atoms with Crippen LogP contribution in [-0.4, -0.2) is 23.2 Å². The Balaban J connectivity index is 2.51. The van der Waals surface area contributed by atoms with Crippen molar-refractivity contribution < 1.29 is 14.6 Å². The molecule has 0 spiro atoms. The molecule has 0 aliphatic heterocycles. The van der Waals surface area contributed by atoms with Gasteiger partial charge in [0.15, 0.2) is 0 Å². The lowest BCUT2D eigenvalue weighted by Crippen LogP contribution is -2.01. The van der Waals surface area contributed by atoms with Crippen molar-refractivity contribution in [3.05, 3.63) is 35.0 Å². The highest BCUT2D eigenvalue weighted by Crippen LogP contribution is 2.35. The van der Waals surface area contributed by atoms with Crippen molar-refractivity contribution in [1.82, 2.24) is 4.98 Å². The van der Waals surface area contributed by atoms with Gasteiger partial charge in [-0.3, -0.25) is 4.79 Å². The lowest BCUT2D eigenvalue weighted by Gasteiger charge is -2.08. The molecule has 0 fully saturated rings. The Hall–Kier alpha value is -1.88. The maximum absolute atomic E-state index is 10.8. The molecule has 2 aromatic rings. The van der Waals surface area contributed by atoms with Gasteiger partial charge in [0.2, 0.25) is 0 Å². The van der Waals surface area contributed by atoms with Crippen LogP contribution in [0, 0.1) is 6.92 Å². The highest BCUT2D eigenvalue weighted by atomic mass is 32.1. The van der Waals surface area contributed by atoms with Gasteiger partial charge in [-0.2, -0.15) is 0 Å². The predicted molar refractivity (Wildman–Crippen MR) is 70.2 cm³/mol. The van der Waals surface area contributed by atoms with E-state index in [9.17, 15) is 4.79 Å². The van der Waals surface area contributed by atoms with E-state index in [1.807, 2.05) is 25.1 Å². The highest BCUT2D eigenvalue weighted by Gasteiger charge is 2.15. The lowest BCUT2D eigenvalue weighted by atomic mass is 10.1. The van der Waals surface area contributed by atoms with E-state index in [2.05, 4.69) is 4.98 Å².